The van der Waals surface area contributed by atoms with Crippen LogP contribution in [0, 0.1) is 0 Å². The van der Waals surface area contributed by atoms with Gasteiger partial charge in [-0.1, -0.05) is 23.2 Å². The Morgan fingerprint density at radius 2 is 1.79 bits per heavy atom. The van der Waals surface area contributed by atoms with E-state index in [9.17, 15) is 9.59 Å². The summed E-state index contributed by atoms with van der Waals surface area (Å²) < 4.78 is 0. The van der Waals surface area contributed by atoms with Crippen molar-refractivity contribution in [2.24, 2.45) is 0 Å². The number of halogens is 2. The summed E-state index contributed by atoms with van der Waals surface area (Å²) in [4.78, 5) is 34.4. The number of carbonyl (C=O) groups is 2. The number of aromatic amines is 2. The van der Waals surface area contributed by atoms with Gasteiger partial charge in [0.15, 0.2) is 0 Å². The zero-order valence-electron chi connectivity index (χ0n) is 14.0. The van der Waals surface area contributed by atoms with Gasteiger partial charge in [-0.3, -0.25) is 14.9 Å². The predicted octanol–water partition coefficient (Wildman–Crippen LogP) is 5.34. The van der Waals surface area contributed by atoms with Crippen LogP contribution < -0.4 is 5.32 Å². The second kappa shape index (κ2) is 6.41. The van der Waals surface area contributed by atoms with Gasteiger partial charge in [-0.25, -0.2) is 4.98 Å². The van der Waals surface area contributed by atoms with E-state index in [1.54, 1.807) is 18.2 Å². The van der Waals surface area contributed by atoms with Crippen LogP contribution in [-0.2, 0) is 4.79 Å². The summed E-state index contributed by atoms with van der Waals surface area (Å²) in [5, 5.41) is 3.76. The van der Waals surface area contributed by atoms with Crippen molar-refractivity contribution in [1.29, 1.82) is 0 Å². The molecule has 4 aromatic rings. The van der Waals surface area contributed by atoms with Crippen LogP contribution >= 0.6 is 35.0 Å². The van der Waals surface area contributed by atoms with Crippen LogP contribution in [0.4, 0.5) is 4.79 Å². The lowest BCUT2D eigenvalue weighted by atomic mass is 10.1. The summed E-state index contributed by atoms with van der Waals surface area (Å²) in [6.07, 6.45) is 1.66. The van der Waals surface area contributed by atoms with Crippen LogP contribution in [0.25, 0.3) is 39.4 Å². The number of nitrogens with zero attached hydrogens (tertiary/aromatic N) is 1. The average Bonchev–Trinajstić information content (AvgIpc) is 3.31. The molecule has 1 aliphatic heterocycles. The quantitative estimate of drug-likeness (QED) is 0.375. The van der Waals surface area contributed by atoms with Crippen LogP contribution in [0.3, 0.4) is 0 Å². The molecule has 1 saturated heterocycles. The van der Waals surface area contributed by atoms with Crippen LogP contribution in [0.5, 0.6) is 0 Å². The Balaban J connectivity index is 1.54. The highest BCUT2D eigenvalue weighted by molar-refractivity contribution is 8.18. The Bertz CT molecular complexity index is 1300. The number of aromatic nitrogens is 3. The number of nitrogens with one attached hydrogen (secondary N) is 3. The van der Waals surface area contributed by atoms with E-state index >= 15 is 0 Å². The third kappa shape index (κ3) is 2.97. The second-order valence-electron chi connectivity index (χ2n) is 6.25. The number of rotatable bonds is 2. The maximum Gasteiger partial charge on any atom is 0.290 e. The smallest absolute Gasteiger partial charge is 0.290 e. The Hall–Kier alpha value is -2.74. The van der Waals surface area contributed by atoms with Gasteiger partial charge < -0.3 is 9.97 Å². The zero-order valence-corrected chi connectivity index (χ0v) is 16.3. The normalized spacial score (nSPS) is 15.9. The van der Waals surface area contributed by atoms with Crippen molar-refractivity contribution in [3.8, 4) is 11.4 Å². The number of H-pyrrole nitrogens is 2. The van der Waals surface area contributed by atoms with E-state index in [4.69, 9.17) is 23.2 Å². The molecule has 0 atom stereocenters. The first-order valence-corrected chi connectivity index (χ1v) is 9.76. The molecule has 2 aromatic heterocycles. The molecule has 0 saturated carbocycles. The first-order chi connectivity index (χ1) is 13.5. The molecule has 1 aliphatic rings. The maximum absolute atomic E-state index is 11.7. The van der Waals surface area contributed by atoms with E-state index in [0.29, 0.717) is 20.8 Å². The van der Waals surface area contributed by atoms with Crippen molar-refractivity contribution in [2.75, 3.05) is 0 Å². The lowest BCUT2D eigenvalue weighted by molar-refractivity contribution is -0.115. The lowest BCUT2D eigenvalue weighted by Gasteiger charge is -1.96. The standard InChI is InChI=1S/C19H10Cl2N4O2S/c20-11-6-14-15(7-12(11)21)24-17(23-14)8-1-2-13-9(3-8)4-10(22-13)5-16-18(26)25-19(27)28-16/h1-7,22H,(H,23,24)(H,25,26,27)/b16-5+. The first kappa shape index (κ1) is 17.4. The average molecular weight is 429 g/mol. The number of amides is 2. The fraction of sp³-hybridized carbons (Fsp3) is 0. The van der Waals surface area contributed by atoms with Crippen molar-refractivity contribution in [3.63, 3.8) is 0 Å². The monoisotopic (exact) mass is 428 g/mol. The number of fused-ring (bicyclic) bond motifs is 2. The fourth-order valence-electron chi connectivity index (χ4n) is 3.08. The second-order valence-corrected chi connectivity index (χ2v) is 8.08. The topological polar surface area (TPSA) is 90.6 Å². The minimum absolute atomic E-state index is 0.361. The summed E-state index contributed by atoms with van der Waals surface area (Å²) in [6, 6.07) is 11.3. The molecular weight excluding hydrogens is 419 g/mol. The summed E-state index contributed by atoms with van der Waals surface area (Å²) in [7, 11) is 0. The molecule has 6 nitrogen and oxygen atoms in total. The van der Waals surface area contributed by atoms with Gasteiger partial charge >= 0.3 is 0 Å². The van der Waals surface area contributed by atoms with Crippen LogP contribution in [0.15, 0.2) is 41.3 Å². The van der Waals surface area contributed by atoms with E-state index in [-0.39, 0.29) is 11.1 Å². The minimum Gasteiger partial charge on any atom is -0.355 e. The van der Waals surface area contributed by atoms with E-state index < -0.39 is 0 Å². The number of hydrogen-bond donors (Lipinski definition) is 3. The van der Waals surface area contributed by atoms with Crippen molar-refractivity contribution < 1.29 is 9.59 Å². The highest BCUT2D eigenvalue weighted by atomic mass is 35.5. The third-order valence-corrected chi connectivity index (χ3v) is 5.90. The van der Waals surface area contributed by atoms with Crippen LogP contribution in [-0.4, -0.2) is 26.1 Å². The van der Waals surface area contributed by atoms with Gasteiger partial charge in [0.2, 0.25) is 0 Å². The molecule has 0 aliphatic carbocycles. The molecule has 1 fully saturated rings. The highest BCUT2D eigenvalue weighted by Gasteiger charge is 2.25. The molecule has 9 heteroatoms. The van der Waals surface area contributed by atoms with Crippen LogP contribution in [0.1, 0.15) is 5.69 Å². The first-order valence-electron chi connectivity index (χ1n) is 8.19. The third-order valence-electron chi connectivity index (χ3n) is 4.37. The molecule has 0 spiro atoms. The molecule has 2 amide bonds. The van der Waals surface area contributed by atoms with E-state index in [1.807, 2.05) is 24.3 Å². The molecule has 28 heavy (non-hydrogen) atoms. The number of benzene rings is 2. The van der Waals surface area contributed by atoms with Crippen molar-refractivity contribution in [1.82, 2.24) is 20.3 Å². The molecule has 0 radical (unpaired) electrons. The van der Waals surface area contributed by atoms with E-state index in [2.05, 4.69) is 20.3 Å². The maximum atomic E-state index is 11.7. The largest absolute Gasteiger partial charge is 0.355 e. The molecule has 0 bridgehead atoms. The molecule has 138 valence electrons. The summed E-state index contributed by atoms with van der Waals surface area (Å²) in [5.41, 5.74) is 4.09. The molecular formula is C19H10Cl2N4O2S. The lowest BCUT2D eigenvalue weighted by Crippen LogP contribution is -2.17. The van der Waals surface area contributed by atoms with Gasteiger partial charge in [0.05, 0.1) is 26.0 Å². The van der Waals surface area contributed by atoms with E-state index in [0.717, 1.165) is 45.0 Å². The molecule has 5 rings (SSSR count). The number of imidazole rings is 1. The van der Waals surface area contributed by atoms with Gasteiger partial charge in [-0.2, -0.15) is 0 Å². The summed E-state index contributed by atoms with van der Waals surface area (Å²) in [5.74, 6) is 0.321. The Morgan fingerprint density at radius 3 is 2.57 bits per heavy atom. The number of thioether (sulfide) groups is 1. The number of imide groups is 1. The van der Waals surface area contributed by atoms with Gasteiger partial charge in [0, 0.05) is 22.2 Å². The Kier molecular flexibility index (Phi) is 3.97. The fourth-order valence-corrected chi connectivity index (χ4v) is 4.08. The van der Waals surface area contributed by atoms with Crippen molar-refractivity contribution >= 4 is 74.1 Å². The number of hydrogen-bond acceptors (Lipinski definition) is 4. The van der Waals surface area contributed by atoms with Crippen LogP contribution in [0.2, 0.25) is 10.0 Å². The summed E-state index contributed by atoms with van der Waals surface area (Å²) in [6.45, 7) is 0. The van der Waals surface area contributed by atoms with Gasteiger partial charge in [0.25, 0.3) is 11.1 Å². The number of carbonyl (C=O) groups excluding carboxylic acids is 2. The molecule has 2 aromatic carbocycles. The van der Waals surface area contributed by atoms with Gasteiger partial charge in [0.1, 0.15) is 5.82 Å². The Labute approximate surface area is 172 Å². The minimum atomic E-state index is -0.381. The molecule has 3 N–H and O–H groups in total. The van der Waals surface area contributed by atoms with Crippen molar-refractivity contribution in [2.45, 2.75) is 0 Å². The predicted molar refractivity (Wildman–Crippen MR) is 113 cm³/mol. The summed E-state index contributed by atoms with van der Waals surface area (Å²) >= 11 is 13.0. The SMILES string of the molecule is O=C1NC(=O)/C(=C\c2cc3cc(-c4nc5cc(Cl)c(Cl)cc5[nH]4)ccc3[nH]2)S1. The zero-order chi connectivity index (χ0) is 19.4. The van der Waals surface area contributed by atoms with Gasteiger partial charge in [-0.15, -0.1) is 0 Å². The van der Waals surface area contributed by atoms with E-state index in [1.165, 1.54) is 0 Å². The Morgan fingerprint density at radius 1 is 0.964 bits per heavy atom. The van der Waals surface area contributed by atoms with Gasteiger partial charge in [-0.05, 0) is 54.2 Å². The molecule has 3 heterocycles. The molecule has 0 unspecified atom stereocenters. The van der Waals surface area contributed by atoms with Crippen molar-refractivity contribution in [3.05, 3.63) is 57.0 Å². The highest BCUT2D eigenvalue weighted by Crippen LogP contribution is 2.31.